The van der Waals surface area contributed by atoms with Crippen molar-refractivity contribution in [1.29, 1.82) is 0 Å². The van der Waals surface area contributed by atoms with E-state index in [1.165, 1.54) is 0 Å². The summed E-state index contributed by atoms with van der Waals surface area (Å²) in [6.45, 7) is 0. The highest BCUT2D eigenvalue weighted by molar-refractivity contribution is 6.04. The van der Waals surface area contributed by atoms with Crippen LogP contribution in [0.25, 0.3) is 10.9 Å². The predicted molar refractivity (Wildman–Crippen MR) is 69.7 cm³/mol. The van der Waals surface area contributed by atoms with Crippen molar-refractivity contribution in [2.75, 3.05) is 0 Å². The van der Waals surface area contributed by atoms with Gasteiger partial charge in [-0.15, -0.1) is 0 Å². The van der Waals surface area contributed by atoms with Crippen LogP contribution >= 0.6 is 0 Å². The number of fused-ring (bicyclic) bond motifs is 1. The van der Waals surface area contributed by atoms with Crippen molar-refractivity contribution in [3.05, 3.63) is 30.0 Å². The third kappa shape index (κ3) is 2.25. The standard InChI is InChI=1S/C13H12N4O3/c18-11-4-3-10(13(20)16-11)15-12(19)7-1-2-9-8(5-7)6-14-17-9/h1-2,5-6,10H,3-4H2,(H,14,17)(H,15,19)(H,16,18,20). The quantitative estimate of drug-likeness (QED) is 0.674. The molecular weight excluding hydrogens is 260 g/mol. The minimum atomic E-state index is -0.666. The number of hydrogen-bond acceptors (Lipinski definition) is 4. The average Bonchev–Trinajstić information content (AvgIpc) is 2.89. The van der Waals surface area contributed by atoms with E-state index in [1.807, 2.05) is 0 Å². The molecule has 7 nitrogen and oxygen atoms in total. The second-order valence-corrected chi connectivity index (χ2v) is 4.65. The summed E-state index contributed by atoms with van der Waals surface area (Å²) in [5.74, 6) is -1.11. The lowest BCUT2D eigenvalue weighted by atomic mass is 10.1. The first-order valence-electron chi connectivity index (χ1n) is 6.21. The molecule has 0 radical (unpaired) electrons. The summed E-state index contributed by atoms with van der Waals surface area (Å²) in [7, 11) is 0. The number of carbonyl (C=O) groups is 3. The van der Waals surface area contributed by atoms with E-state index < -0.39 is 11.9 Å². The Kier molecular flexibility index (Phi) is 2.94. The maximum atomic E-state index is 12.1. The fourth-order valence-corrected chi connectivity index (χ4v) is 2.16. The molecule has 1 aromatic carbocycles. The second kappa shape index (κ2) is 4.76. The zero-order chi connectivity index (χ0) is 14.1. The van der Waals surface area contributed by atoms with Crippen molar-refractivity contribution in [1.82, 2.24) is 20.8 Å². The Labute approximate surface area is 113 Å². The molecule has 1 aliphatic heterocycles. The lowest BCUT2D eigenvalue weighted by molar-refractivity contribution is -0.134. The molecule has 1 fully saturated rings. The van der Waals surface area contributed by atoms with Gasteiger partial charge in [0.2, 0.25) is 11.8 Å². The van der Waals surface area contributed by atoms with Crippen molar-refractivity contribution < 1.29 is 14.4 Å². The van der Waals surface area contributed by atoms with Gasteiger partial charge in [-0.05, 0) is 24.6 Å². The molecule has 7 heteroatoms. The maximum Gasteiger partial charge on any atom is 0.251 e. The summed E-state index contributed by atoms with van der Waals surface area (Å²) in [4.78, 5) is 34.7. The molecule has 2 aromatic rings. The minimum Gasteiger partial charge on any atom is -0.340 e. The molecule has 3 rings (SSSR count). The first-order valence-corrected chi connectivity index (χ1v) is 6.21. The molecule has 0 saturated carbocycles. The lowest BCUT2D eigenvalue weighted by Gasteiger charge is -2.21. The Bertz CT molecular complexity index is 706. The van der Waals surface area contributed by atoms with Crippen LogP contribution in [0.3, 0.4) is 0 Å². The van der Waals surface area contributed by atoms with Crippen LogP contribution in [0, 0.1) is 0 Å². The van der Waals surface area contributed by atoms with Gasteiger partial charge in [-0.25, -0.2) is 0 Å². The van der Waals surface area contributed by atoms with Crippen LogP contribution in [0.2, 0.25) is 0 Å². The maximum absolute atomic E-state index is 12.1. The van der Waals surface area contributed by atoms with Gasteiger partial charge in [0.1, 0.15) is 6.04 Å². The molecule has 0 bridgehead atoms. The third-order valence-electron chi connectivity index (χ3n) is 3.25. The van der Waals surface area contributed by atoms with Crippen LogP contribution in [0.5, 0.6) is 0 Å². The highest BCUT2D eigenvalue weighted by Crippen LogP contribution is 2.13. The summed E-state index contributed by atoms with van der Waals surface area (Å²) < 4.78 is 0. The molecule has 2 heterocycles. The number of aromatic amines is 1. The Morgan fingerprint density at radius 1 is 1.35 bits per heavy atom. The largest absolute Gasteiger partial charge is 0.340 e. The van der Waals surface area contributed by atoms with Gasteiger partial charge in [0.05, 0.1) is 11.7 Å². The summed E-state index contributed by atoms with van der Waals surface area (Å²) in [5.41, 5.74) is 1.28. The molecule has 3 amide bonds. The topological polar surface area (TPSA) is 104 Å². The summed E-state index contributed by atoms with van der Waals surface area (Å²) >= 11 is 0. The zero-order valence-electron chi connectivity index (χ0n) is 10.5. The molecule has 102 valence electrons. The van der Waals surface area contributed by atoms with Crippen molar-refractivity contribution in [2.45, 2.75) is 18.9 Å². The average molecular weight is 272 g/mol. The summed E-state index contributed by atoms with van der Waals surface area (Å²) in [6, 6.07) is 4.43. The molecule has 1 aliphatic rings. The van der Waals surface area contributed by atoms with Crippen molar-refractivity contribution >= 4 is 28.6 Å². The van der Waals surface area contributed by atoms with Crippen molar-refractivity contribution in [3.63, 3.8) is 0 Å². The predicted octanol–water partition coefficient (Wildman–Crippen LogP) is 0.0979. The number of nitrogens with zero attached hydrogens (tertiary/aromatic N) is 1. The fraction of sp³-hybridized carbons (Fsp3) is 0.231. The monoisotopic (exact) mass is 272 g/mol. The number of rotatable bonds is 2. The first-order chi connectivity index (χ1) is 9.63. The Hall–Kier alpha value is -2.70. The van der Waals surface area contributed by atoms with Gasteiger partial charge < -0.3 is 5.32 Å². The second-order valence-electron chi connectivity index (χ2n) is 4.65. The zero-order valence-corrected chi connectivity index (χ0v) is 10.5. The minimum absolute atomic E-state index is 0.234. The van der Waals surface area contributed by atoms with E-state index in [2.05, 4.69) is 20.8 Å². The summed E-state index contributed by atoms with van der Waals surface area (Å²) in [6.07, 6.45) is 2.18. The van der Waals surface area contributed by atoms with Crippen LogP contribution in [-0.2, 0) is 9.59 Å². The number of nitrogens with one attached hydrogen (secondary N) is 3. The van der Waals surface area contributed by atoms with Crippen LogP contribution in [0.15, 0.2) is 24.4 Å². The van der Waals surface area contributed by atoms with Crippen LogP contribution in [0.1, 0.15) is 23.2 Å². The van der Waals surface area contributed by atoms with Crippen LogP contribution in [0.4, 0.5) is 0 Å². The normalized spacial score (nSPS) is 18.9. The molecule has 20 heavy (non-hydrogen) atoms. The van der Waals surface area contributed by atoms with Crippen LogP contribution in [-0.4, -0.2) is 34.0 Å². The SMILES string of the molecule is O=C1CCC(NC(=O)c2ccc3[nH]ncc3c2)C(=O)N1. The Morgan fingerprint density at radius 2 is 2.20 bits per heavy atom. The van der Waals surface area contributed by atoms with E-state index in [1.54, 1.807) is 24.4 Å². The van der Waals surface area contributed by atoms with Crippen molar-refractivity contribution in [3.8, 4) is 0 Å². The number of imide groups is 1. The van der Waals surface area contributed by atoms with E-state index in [4.69, 9.17) is 0 Å². The van der Waals surface area contributed by atoms with Gasteiger partial charge in [-0.3, -0.25) is 24.8 Å². The van der Waals surface area contributed by atoms with Crippen molar-refractivity contribution in [2.24, 2.45) is 0 Å². The highest BCUT2D eigenvalue weighted by atomic mass is 16.2. The molecular formula is C13H12N4O3. The molecule has 1 atom stereocenters. The first kappa shape index (κ1) is 12.3. The van der Waals surface area contributed by atoms with Gasteiger partial charge >= 0.3 is 0 Å². The molecule has 1 saturated heterocycles. The molecule has 1 aromatic heterocycles. The van der Waals surface area contributed by atoms with Gasteiger partial charge in [0, 0.05) is 17.4 Å². The number of piperidine rings is 1. The van der Waals surface area contributed by atoms with E-state index in [-0.39, 0.29) is 18.2 Å². The van der Waals surface area contributed by atoms with Gasteiger partial charge in [-0.2, -0.15) is 5.10 Å². The number of benzene rings is 1. The molecule has 3 N–H and O–H groups in total. The number of carbonyl (C=O) groups excluding carboxylic acids is 3. The van der Waals surface area contributed by atoms with E-state index in [0.29, 0.717) is 12.0 Å². The third-order valence-corrected chi connectivity index (χ3v) is 3.25. The van der Waals surface area contributed by atoms with Gasteiger partial charge in [-0.1, -0.05) is 0 Å². The molecule has 0 spiro atoms. The highest BCUT2D eigenvalue weighted by Gasteiger charge is 2.28. The number of amides is 3. The Balaban J connectivity index is 1.75. The van der Waals surface area contributed by atoms with Gasteiger partial charge in [0.15, 0.2) is 0 Å². The van der Waals surface area contributed by atoms with Gasteiger partial charge in [0.25, 0.3) is 5.91 Å². The number of H-pyrrole nitrogens is 1. The summed E-state index contributed by atoms with van der Waals surface area (Å²) in [5, 5.41) is 12.3. The van der Waals surface area contributed by atoms with E-state index in [9.17, 15) is 14.4 Å². The number of hydrogen-bond donors (Lipinski definition) is 3. The lowest BCUT2D eigenvalue weighted by Crippen LogP contribution is -2.52. The fourth-order valence-electron chi connectivity index (χ4n) is 2.16. The number of aromatic nitrogens is 2. The Morgan fingerprint density at radius 3 is 3.00 bits per heavy atom. The van der Waals surface area contributed by atoms with Crippen LogP contribution < -0.4 is 10.6 Å². The molecule has 1 unspecified atom stereocenters. The van der Waals surface area contributed by atoms with E-state index in [0.717, 1.165) is 10.9 Å². The molecule has 0 aliphatic carbocycles. The smallest absolute Gasteiger partial charge is 0.251 e. The van der Waals surface area contributed by atoms with E-state index >= 15 is 0 Å².